The second kappa shape index (κ2) is 8.74. The number of Topliss-reactive ketones (excluding diaryl/α,β-unsaturated/α-hetero) is 1. The van der Waals surface area contributed by atoms with Gasteiger partial charge in [-0.25, -0.2) is 4.79 Å². The van der Waals surface area contributed by atoms with Gasteiger partial charge in [0.15, 0.2) is 0 Å². The van der Waals surface area contributed by atoms with E-state index in [1.807, 2.05) is 31.2 Å². The lowest BCUT2D eigenvalue weighted by Gasteiger charge is -2.43. The third-order valence-electron chi connectivity index (χ3n) is 5.79. The smallest absolute Gasteiger partial charge is 0.336 e. The normalized spacial score (nSPS) is 21.0. The zero-order valence-electron chi connectivity index (χ0n) is 17.7. The maximum atomic E-state index is 13.1. The van der Waals surface area contributed by atoms with Crippen molar-refractivity contribution >= 4 is 23.4 Å². The summed E-state index contributed by atoms with van der Waals surface area (Å²) in [4.78, 5) is 25.5. The van der Waals surface area contributed by atoms with Crippen molar-refractivity contribution in [1.82, 2.24) is 5.32 Å². The summed E-state index contributed by atoms with van der Waals surface area (Å²) in [6.45, 7) is 8.59. The van der Waals surface area contributed by atoms with Gasteiger partial charge in [-0.1, -0.05) is 57.3 Å². The lowest BCUT2D eigenvalue weighted by atomic mass is 9.64. The maximum absolute atomic E-state index is 13.1. The highest BCUT2D eigenvalue weighted by Gasteiger charge is 2.44. The molecule has 1 aromatic carbocycles. The molecule has 3 rings (SSSR count). The summed E-state index contributed by atoms with van der Waals surface area (Å²) in [6, 6.07) is 7.62. The lowest BCUT2D eigenvalue weighted by molar-refractivity contribution is -0.139. The second-order valence-corrected chi connectivity index (χ2v) is 9.10. The van der Waals surface area contributed by atoms with Crippen LogP contribution < -0.4 is 5.32 Å². The molecular weight excluding hydrogens is 386 g/mol. The highest BCUT2D eigenvalue weighted by Crippen LogP contribution is 2.51. The van der Waals surface area contributed by atoms with Gasteiger partial charge in [-0.2, -0.15) is 0 Å². The zero-order valence-corrected chi connectivity index (χ0v) is 18.5. The predicted octanol–water partition coefficient (Wildman–Crippen LogP) is 5.68. The van der Waals surface area contributed by atoms with E-state index in [-0.39, 0.29) is 23.1 Å². The number of carbonyl (C=O) groups excluding carboxylic acids is 2. The highest BCUT2D eigenvalue weighted by atomic mass is 35.5. The number of hydrogen-bond acceptors (Lipinski definition) is 4. The van der Waals surface area contributed by atoms with E-state index in [0.29, 0.717) is 30.0 Å². The monoisotopic (exact) mass is 415 g/mol. The van der Waals surface area contributed by atoms with Crippen molar-refractivity contribution in [2.24, 2.45) is 5.41 Å². The van der Waals surface area contributed by atoms with Crippen LogP contribution in [0.15, 0.2) is 46.8 Å². The molecule has 4 nitrogen and oxygen atoms in total. The molecule has 1 unspecified atom stereocenters. The topological polar surface area (TPSA) is 55.4 Å². The third kappa shape index (κ3) is 4.58. The lowest BCUT2D eigenvalue weighted by Crippen LogP contribution is -2.39. The molecule has 1 aromatic rings. The van der Waals surface area contributed by atoms with E-state index < -0.39 is 0 Å². The molecule has 1 aliphatic carbocycles. The number of carbonyl (C=O) groups is 2. The number of hydrogen-bond donors (Lipinski definition) is 1. The molecule has 0 spiro atoms. The molecule has 0 fully saturated rings. The summed E-state index contributed by atoms with van der Waals surface area (Å²) < 4.78 is 5.65. The highest BCUT2D eigenvalue weighted by molar-refractivity contribution is 6.30. The molecule has 29 heavy (non-hydrogen) atoms. The maximum Gasteiger partial charge on any atom is 0.336 e. The minimum Gasteiger partial charge on any atom is -0.462 e. The van der Waals surface area contributed by atoms with Gasteiger partial charge < -0.3 is 10.1 Å². The summed E-state index contributed by atoms with van der Waals surface area (Å²) in [5, 5.41) is 4.01. The van der Waals surface area contributed by atoms with Crippen LogP contribution in [0, 0.1) is 5.41 Å². The number of halogens is 1. The SMILES string of the molecule is CCCCCOC(=O)C1=C(C)NC2=C(C1c1ccc(Cl)cc1)C(C)(C)CC(=O)C2. The first-order valence-electron chi connectivity index (χ1n) is 10.4. The number of ketones is 1. The van der Waals surface area contributed by atoms with Gasteiger partial charge in [-0.15, -0.1) is 0 Å². The van der Waals surface area contributed by atoms with E-state index >= 15 is 0 Å². The molecule has 1 heterocycles. The Morgan fingerprint density at radius 1 is 1.24 bits per heavy atom. The van der Waals surface area contributed by atoms with Crippen LogP contribution in [-0.2, 0) is 14.3 Å². The average Bonchev–Trinajstić information content (AvgIpc) is 2.63. The van der Waals surface area contributed by atoms with Gasteiger partial charge >= 0.3 is 5.97 Å². The van der Waals surface area contributed by atoms with Crippen molar-refractivity contribution in [1.29, 1.82) is 0 Å². The molecule has 1 atom stereocenters. The van der Waals surface area contributed by atoms with Gasteiger partial charge in [-0.3, -0.25) is 4.79 Å². The molecule has 0 saturated heterocycles. The predicted molar refractivity (Wildman–Crippen MR) is 116 cm³/mol. The van der Waals surface area contributed by atoms with Crippen LogP contribution in [0.5, 0.6) is 0 Å². The number of benzene rings is 1. The minimum absolute atomic E-state index is 0.217. The van der Waals surface area contributed by atoms with E-state index in [1.165, 1.54) is 0 Å². The summed E-state index contributed by atoms with van der Waals surface area (Å²) in [5.41, 5.74) is 4.05. The Hall–Kier alpha value is -2.07. The Morgan fingerprint density at radius 3 is 2.59 bits per heavy atom. The summed E-state index contributed by atoms with van der Waals surface area (Å²) in [7, 11) is 0. The van der Waals surface area contributed by atoms with Crippen molar-refractivity contribution in [3.8, 4) is 0 Å². The first kappa shape index (κ1) is 21.6. The molecule has 1 aliphatic heterocycles. The van der Waals surface area contributed by atoms with Crippen LogP contribution in [0.2, 0.25) is 5.02 Å². The molecule has 0 aromatic heterocycles. The van der Waals surface area contributed by atoms with Crippen LogP contribution in [-0.4, -0.2) is 18.4 Å². The van der Waals surface area contributed by atoms with Gasteiger partial charge in [0.1, 0.15) is 5.78 Å². The zero-order chi connectivity index (χ0) is 21.2. The fraction of sp³-hybridized carbons (Fsp3) is 0.500. The van der Waals surface area contributed by atoms with Crippen molar-refractivity contribution in [2.45, 2.75) is 65.7 Å². The minimum atomic E-state index is -0.351. The first-order chi connectivity index (χ1) is 13.7. The van der Waals surface area contributed by atoms with E-state index in [0.717, 1.165) is 41.8 Å². The van der Waals surface area contributed by atoms with Crippen LogP contribution in [0.3, 0.4) is 0 Å². The van der Waals surface area contributed by atoms with Crippen LogP contribution in [0.25, 0.3) is 0 Å². The number of dihydropyridines is 1. The van der Waals surface area contributed by atoms with E-state index in [9.17, 15) is 9.59 Å². The van der Waals surface area contributed by atoms with Gasteiger partial charge in [0.2, 0.25) is 0 Å². The number of unbranched alkanes of at least 4 members (excludes halogenated alkanes) is 2. The molecule has 0 saturated carbocycles. The molecule has 0 amide bonds. The van der Waals surface area contributed by atoms with Gasteiger partial charge in [0.05, 0.1) is 12.2 Å². The van der Waals surface area contributed by atoms with E-state index in [2.05, 4.69) is 26.1 Å². The van der Waals surface area contributed by atoms with Crippen LogP contribution >= 0.6 is 11.6 Å². The Morgan fingerprint density at radius 2 is 1.93 bits per heavy atom. The summed E-state index contributed by atoms with van der Waals surface area (Å²) in [6.07, 6.45) is 3.82. The van der Waals surface area contributed by atoms with Gasteiger partial charge in [-0.05, 0) is 42.0 Å². The van der Waals surface area contributed by atoms with Gasteiger partial charge in [0, 0.05) is 35.2 Å². The largest absolute Gasteiger partial charge is 0.462 e. The second-order valence-electron chi connectivity index (χ2n) is 8.66. The number of allylic oxidation sites excluding steroid dienone is 3. The van der Waals surface area contributed by atoms with Crippen LogP contribution in [0.1, 0.15) is 71.3 Å². The Kier molecular flexibility index (Phi) is 6.52. The molecule has 0 bridgehead atoms. The number of esters is 1. The molecule has 156 valence electrons. The van der Waals surface area contributed by atoms with Gasteiger partial charge in [0.25, 0.3) is 0 Å². The Labute approximate surface area is 178 Å². The number of rotatable bonds is 6. The average molecular weight is 416 g/mol. The fourth-order valence-electron chi connectivity index (χ4n) is 4.54. The van der Waals surface area contributed by atoms with Crippen molar-refractivity contribution < 1.29 is 14.3 Å². The first-order valence-corrected chi connectivity index (χ1v) is 10.8. The molecule has 2 aliphatic rings. The molecule has 1 N–H and O–H groups in total. The standard InChI is InChI=1S/C24H30ClNO3/c1-5-6-7-12-29-23(28)20-15(2)26-19-13-18(27)14-24(3,4)22(19)21(20)16-8-10-17(25)11-9-16/h8-11,21,26H,5-7,12-14H2,1-4H3. The number of nitrogens with one attached hydrogen (secondary N) is 1. The Bertz CT molecular complexity index is 865. The fourth-order valence-corrected chi connectivity index (χ4v) is 4.66. The van der Waals surface area contributed by atoms with Crippen LogP contribution in [0.4, 0.5) is 0 Å². The van der Waals surface area contributed by atoms with Crippen molar-refractivity contribution in [3.05, 3.63) is 57.4 Å². The Balaban J connectivity index is 2.04. The quantitative estimate of drug-likeness (QED) is 0.479. The van der Waals surface area contributed by atoms with E-state index in [4.69, 9.17) is 16.3 Å². The number of ether oxygens (including phenoxy) is 1. The molecular formula is C24H30ClNO3. The third-order valence-corrected chi connectivity index (χ3v) is 6.04. The van der Waals surface area contributed by atoms with E-state index in [1.54, 1.807) is 0 Å². The summed E-state index contributed by atoms with van der Waals surface area (Å²) >= 11 is 6.12. The summed E-state index contributed by atoms with van der Waals surface area (Å²) in [5.74, 6) is -0.315. The molecule has 5 heteroatoms. The molecule has 0 radical (unpaired) electrons. The van der Waals surface area contributed by atoms with Crippen molar-refractivity contribution in [3.63, 3.8) is 0 Å². The van der Waals surface area contributed by atoms with Crippen molar-refractivity contribution in [2.75, 3.05) is 6.61 Å².